The molecule has 1 atom stereocenters. The van der Waals surface area contributed by atoms with Gasteiger partial charge in [0.25, 0.3) is 5.91 Å². The van der Waals surface area contributed by atoms with Crippen molar-refractivity contribution < 1.29 is 14.3 Å². The summed E-state index contributed by atoms with van der Waals surface area (Å²) in [6.45, 7) is 4.79. The molecule has 1 fully saturated rings. The molecule has 0 aliphatic carbocycles. The summed E-state index contributed by atoms with van der Waals surface area (Å²) in [4.78, 5) is 16.4. The maximum absolute atomic E-state index is 13.9. The predicted molar refractivity (Wildman–Crippen MR) is 94.9 cm³/mol. The van der Waals surface area contributed by atoms with Crippen molar-refractivity contribution in [3.8, 4) is 0 Å². The molecule has 1 aliphatic rings. The van der Waals surface area contributed by atoms with Gasteiger partial charge in [-0.3, -0.25) is 9.69 Å². The molecule has 2 aromatic carbocycles. The molecule has 0 aromatic heterocycles. The quantitative estimate of drug-likeness (QED) is 0.929. The zero-order chi connectivity index (χ0) is 17.8. The molecule has 132 valence electrons. The van der Waals surface area contributed by atoms with Gasteiger partial charge in [0, 0.05) is 32.7 Å². The second-order valence-electron chi connectivity index (χ2n) is 6.50. The highest BCUT2D eigenvalue weighted by Gasteiger charge is 2.25. The molecule has 0 spiro atoms. The smallest absolute Gasteiger partial charge is 0.256 e. The number of nitrogens with zero attached hydrogens (tertiary/aromatic N) is 2. The number of hydrogen-bond acceptors (Lipinski definition) is 3. The Kier molecular flexibility index (Phi) is 5.46. The third-order valence-electron chi connectivity index (χ3n) is 4.63. The highest BCUT2D eigenvalue weighted by Crippen LogP contribution is 2.17. The molecule has 1 N–H and O–H groups in total. The van der Waals surface area contributed by atoms with Crippen molar-refractivity contribution in [2.45, 2.75) is 13.0 Å². The van der Waals surface area contributed by atoms with Crippen molar-refractivity contribution >= 4 is 5.91 Å². The van der Waals surface area contributed by atoms with Crippen LogP contribution in [0.25, 0.3) is 0 Å². The second-order valence-corrected chi connectivity index (χ2v) is 6.50. The lowest BCUT2D eigenvalue weighted by molar-refractivity contribution is 0.0524. The summed E-state index contributed by atoms with van der Waals surface area (Å²) < 4.78 is 13.9. The van der Waals surface area contributed by atoms with E-state index in [1.54, 1.807) is 17.0 Å². The molecule has 1 heterocycles. The van der Waals surface area contributed by atoms with Crippen LogP contribution in [-0.2, 0) is 0 Å². The number of rotatable bonds is 4. The first-order chi connectivity index (χ1) is 12.0. The molecule has 4 nitrogen and oxygen atoms in total. The largest absolute Gasteiger partial charge is 0.387 e. The zero-order valence-corrected chi connectivity index (χ0v) is 14.4. The molecular formula is C20H23FN2O2. The molecule has 0 saturated carbocycles. The van der Waals surface area contributed by atoms with Gasteiger partial charge in [-0.25, -0.2) is 4.39 Å². The molecule has 1 unspecified atom stereocenters. The van der Waals surface area contributed by atoms with Crippen molar-refractivity contribution in [1.29, 1.82) is 0 Å². The van der Waals surface area contributed by atoms with Crippen LogP contribution in [0.1, 0.15) is 27.6 Å². The van der Waals surface area contributed by atoms with Gasteiger partial charge < -0.3 is 10.0 Å². The van der Waals surface area contributed by atoms with E-state index in [0.717, 1.165) is 11.1 Å². The Hall–Kier alpha value is -2.24. The summed E-state index contributed by atoms with van der Waals surface area (Å²) in [6, 6.07) is 14.2. The monoisotopic (exact) mass is 342 g/mol. The number of halogens is 1. The van der Waals surface area contributed by atoms with Gasteiger partial charge in [0.1, 0.15) is 5.82 Å². The maximum Gasteiger partial charge on any atom is 0.256 e. The van der Waals surface area contributed by atoms with Crippen LogP contribution in [0.3, 0.4) is 0 Å². The lowest BCUT2D eigenvalue weighted by atomic mass is 10.1. The fourth-order valence-electron chi connectivity index (χ4n) is 3.13. The molecule has 3 rings (SSSR count). The van der Waals surface area contributed by atoms with Gasteiger partial charge in [0.05, 0.1) is 11.7 Å². The minimum absolute atomic E-state index is 0.137. The minimum atomic E-state index is -0.544. The lowest BCUT2D eigenvalue weighted by Gasteiger charge is -2.35. The normalized spacial score (nSPS) is 16.7. The van der Waals surface area contributed by atoms with Crippen molar-refractivity contribution in [3.63, 3.8) is 0 Å². The molecule has 0 bridgehead atoms. The van der Waals surface area contributed by atoms with E-state index in [-0.39, 0.29) is 11.5 Å². The van der Waals surface area contributed by atoms with E-state index in [9.17, 15) is 14.3 Å². The van der Waals surface area contributed by atoms with Crippen LogP contribution in [0.4, 0.5) is 4.39 Å². The van der Waals surface area contributed by atoms with E-state index in [4.69, 9.17) is 0 Å². The van der Waals surface area contributed by atoms with E-state index in [1.165, 1.54) is 6.07 Å². The first-order valence-corrected chi connectivity index (χ1v) is 8.55. The van der Waals surface area contributed by atoms with Crippen LogP contribution in [0.15, 0.2) is 48.5 Å². The van der Waals surface area contributed by atoms with Crippen LogP contribution in [-0.4, -0.2) is 53.5 Å². The second kappa shape index (κ2) is 7.76. The van der Waals surface area contributed by atoms with Gasteiger partial charge in [0.2, 0.25) is 0 Å². The Labute approximate surface area is 147 Å². The van der Waals surface area contributed by atoms with Crippen LogP contribution in [0.5, 0.6) is 0 Å². The number of aryl methyl sites for hydroxylation is 1. The Morgan fingerprint density at radius 2 is 1.80 bits per heavy atom. The number of carbonyl (C=O) groups excluding carboxylic acids is 1. The average Bonchev–Trinajstić information content (AvgIpc) is 2.64. The van der Waals surface area contributed by atoms with Crippen molar-refractivity contribution in [2.75, 3.05) is 32.7 Å². The summed E-state index contributed by atoms with van der Waals surface area (Å²) in [5, 5.41) is 10.3. The fourth-order valence-corrected chi connectivity index (χ4v) is 3.13. The van der Waals surface area contributed by atoms with Crippen molar-refractivity contribution in [3.05, 3.63) is 71.0 Å². The molecule has 2 aromatic rings. The van der Waals surface area contributed by atoms with Gasteiger partial charge in [0.15, 0.2) is 0 Å². The van der Waals surface area contributed by atoms with Crippen LogP contribution in [0.2, 0.25) is 0 Å². The number of β-amino-alcohol motifs (C(OH)–C–C–N with tert-alkyl or cyclic N) is 1. The summed E-state index contributed by atoms with van der Waals surface area (Å²) in [7, 11) is 0. The Balaban J connectivity index is 1.56. The van der Waals surface area contributed by atoms with Crippen molar-refractivity contribution in [1.82, 2.24) is 9.80 Å². The van der Waals surface area contributed by atoms with E-state index >= 15 is 0 Å². The van der Waals surface area contributed by atoms with Crippen LogP contribution >= 0.6 is 0 Å². The number of benzene rings is 2. The molecule has 1 amide bonds. The number of carbonyl (C=O) groups is 1. The van der Waals surface area contributed by atoms with Gasteiger partial charge >= 0.3 is 0 Å². The van der Waals surface area contributed by atoms with E-state index < -0.39 is 11.9 Å². The molecule has 5 heteroatoms. The van der Waals surface area contributed by atoms with Gasteiger partial charge in [-0.05, 0) is 24.6 Å². The Bertz CT molecular complexity index is 728. The first-order valence-electron chi connectivity index (χ1n) is 8.55. The number of hydrogen-bond donors (Lipinski definition) is 1. The zero-order valence-electron chi connectivity index (χ0n) is 14.4. The van der Waals surface area contributed by atoms with Crippen LogP contribution in [0, 0.1) is 12.7 Å². The number of piperazine rings is 1. The maximum atomic E-state index is 13.9. The average molecular weight is 342 g/mol. The van der Waals surface area contributed by atoms with Gasteiger partial charge in [-0.2, -0.15) is 0 Å². The topological polar surface area (TPSA) is 43.8 Å². The molecule has 0 radical (unpaired) electrons. The third-order valence-corrected chi connectivity index (χ3v) is 4.63. The minimum Gasteiger partial charge on any atom is -0.387 e. The van der Waals surface area contributed by atoms with E-state index in [2.05, 4.69) is 4.90 Å². The lowest BCUT2D eigenvalue weighted by Crippen LogP contribution is -2.49. The van der Waals surface area contributed by atoms with E-state index in [0.29, 0.717) is 32.7 Å². The molecule has 25 heavy (non-hydrogen) atoms. The fraction of sp³-hybridized carbons (Fsp3) is 0.350. The molecule has 1 saturated heterocycles. The summed E-state index contributed by atoms with van der Waals surface area (Å²) >= 11 is 0. The highest BCUT2D eigenvalue weighted by atomic mass is 19.1. The summed E-state index contributed by atoms with van der Waals surface area (Å²) in [5.41, 5.74) is 1.90. The number of amides is 1. The first kappa shape index (κ1) is 17.6. The number of aliphatic hydroxyl groups excluding tert-OH is 1. The Morgan fingerprint density at radius 1 is 1.12 bits per heavy atom. The Morgan fingerprint density at radius 3 is 2.48 bits per heavy atom. The standard InChI is InChI=1S/C20H23FN2O2/c1-15-7-8-18(21)17(13-15)20(25)23-11-9-22(10-12-23)14-19(24)16-5-3-2-4-6-16/h2-8,13,19,24H,9-12,14H2,1H3. The number of aliphatic hydroxyl groups is 1. The predicted octanol–water partition coefficient (Wildman–Crippen LogP) is 2.63. The molecular weight excluding hydrogens is 319 g/mol. The summed E-state index contributed by atoms with van der Waals surface area (Å²) in [5.74, 6) is -0.734. The van der Waals surface area contributed by atoms with Crippen molar-refractivity contribution in [2.24, 2.45) is 0 Å². The summed E-state index contributed by atoms with van der Waals surface area (Å²) in [6.07, 6.45) is -0.544. The van der Waals surface area contributed by atoms with Gasteiger partial charge in [-0.15, -0.1) is 0 Å². The highest BCUT2D eigenvalue weighted by molar-refractivity contribution is 5.94. The van der Waals surface area contributed by atoms with E-state index in [1.807, 2.05) is 37.3 Å². The SMILES string of the molecule is Cc1ccc(F)c(C(=O)N2CCN(CC(O)c3ccccc3)CC2)c1. The molecule has 1 aliphatic heterocycles. The van der Waals surface area contributed by atoms with Gasteiger partial charge in [-0.1, -0.05) is 42.0 Å². The third kappa shape index (κ3) is 4.24. The van der Waals surface area contributed by atoms with Crippen LogP contribution < -0.4 is 0 Å².